The molecule has 0 radical (unpaired) electrons. The van der Waals surface area contributed by atoms with Gasteiger partial charge in [-0.3, -0.25) is 0 Å². The van der Waals surface area contributed by atoms with E-state index in [9.17, 15) is 0 Å². The average Bonchev–Trinajstić information content (AvgIpc) is 2.45. The molecule has 2 nitrogen and oxygen atoms in total. The summed E-state index contributed by atoms with van der Waals surface area (Å²) in [7, 11) is 2.25. The third kappa shape index (κ3) is 4.98. The minimum atomic E-state index is 0.102. The molecule has 2 rings (SSSR count). The molecule has 0 aromatic heterocycles. The fraction of sp³-hybridized carbons (Fsp3) is 0.667. The normalized spacial score (nSPS) is 20.7. The molecule has 21 heavy (non-hydrogen) atoms. The van der Waals surface area contributed by atoms with Crippen LogP contribution in [0.1, 0.15) is 57.6 Å². The number of rotatable bonds is 5. The van der Waals surface area contributed by atoms with Gasteiger partial charge in [-0.2, -0.15) is 0 Å². The van der Waals surface area contributed by atoms with Crippen LogP contribution in [-0.4, -0.2) is 24.5 Å². The maximum atomic E-state index is 6.30. The summed E-state index contributed by atoms with van der Waals surface area (Å²) in [5.41, 5.74) is 8.01. The van der Waals surface area contributed by atoms with Crippen molar-refractivity contribution < 1.29 is 0 Å². The molecule has 1 saturated carbocycles. The van der Waals surface area contributed by atoms with Crippen molar-refractivity contribution in [2.45, 2.75) is 58.0 Å². The van der Waals surface area contributed by atoms with Crippen LogP contribution in [0, 0.1) is 5.41 Å². The highest BCUT2D eigenvalue weighted by atomic mass is 35.5. The van der Waals surface area contributed by atoms with E-state index in [2.05, 4.69) is 25.8 Å². The second-order valence-electron chi connectivity index (χ2n) is 7.32. The van der Waals surface area contributed by atoms with Crippen LogP contribution in [0.15, 0.2) is 24.3 Å². The lowest BCUT2D eigenvalue weighted by atomic mass is 9.75. The molecule has 0 saturated heterocycles. The van der Waals surface area contributed by atoms with Crippen LogP contribution < -0.4 is 5.73 Å². The van der Waals surface area contributed by atoms with Gasteiger partial charge in [-0.25, -0.2) is 0 Å². The van der Waals surface area contributed by atoms with E-state index in [0.29, 0.717) is 5.41 Å². The first kappa shape index (κ1) is 16.8. The Morgan fingerprint density at radius 2 is 1.81 bits per heavy atom. The van der Waals surface area contributed by atoms with Crippen molar-refractivity contribution in [3.8, 4) is 0 Å². The number of benzene rings is 1. The van der Waals surface area contributed by atoms with Gasteiger partial charge >= 0.3 is 0 Å². The van der Waals surface area contributed by atoms with E-state index in [4.69, 9.17) is 17.3 Å². The highest BCUT2D eigenvalue weighted by molar-refractivity contribution is 6.30. The summed E-state index contributed by atoms with van der Waals surface area (Å²) < 4.78 is 0. The van der Waals surface area contributed by atoms with Crippen molar-refractivity contribution in [3.63, 3.8) is 0 Å². The number of hydrogen-bond donors (Lipinski definition) is 1. The number of nitrogens with two attached hydrogens (primary N) is 1. The second kappa shape index (κ2) is 7.13. The Balaban J connectivity index is 1.78. The lowest BCUT2D eigenvalue weighted by Gasteiger charge is -2.39. The molecule has 1 aliphatic carbocycles. The van der Waals surface area contributed by atoms with Gasteiger partial charge in [0, 0.05) is 17.1 Å². The Bertz CT molecular complexity index is 431. The van der Waals surface area contributed by atoms with Crippen molar-refractivity contribution in [1.82, 2.24) is 4.90 Å². The van der Waals surface area contributed by atoms with Gasteiger partial charge in [-0.05, 0) is 68.8 Å². The standard InChI is InChI=1S/C18H29ClN2/c1-18(2)11-8-16(9-12-18)21(3)13-10-17(20)14-4-6-15(19)7-5-14/h4-7,16-17H,8-13,20H2,1-3H3. The van der Waals surface area contributed by atoms with Crippen LogP contribution in [0.2, 0.25) is 5.02 Å². The Morgan fingerprint density at radius 1 is 1.24 bits per heavy atom. The van der Waals surface area contributed by atoms with Gasteiger partial charge < -0.3 is 10.6 Å². The summed E-state index contributed by atoms with van der Waals surface area (Å²) in [6.45, 7) is 5.84. The van der Waals surface area contributed by atoms with E-state index in [1.54, 1.807) is 0 Å². The minimum Gasteiger partial charge on any atom is -0.324 e. The molecule has 0 bridgehead atoms. The van der Waals surface area contributed by atoms with Crippen LogP contribution in [0.3, 0.4) is 0 Å². The van der Waals surface area contributed by atoms with E-state index >= 15 is 0 Å². The molecule has 1 aromatic rings. The molecular formula is C18H29ClN2. The van der Waals surface area contributed by atoms with Crippen molar-refractivity contribution >= 4 is 11.6 Å². The Morgan fingerprint density at radius 3 is 2.38 bits per heavy atom. The van der Waals surface area contributed by atoms with Crippen LogP contribution in [0.5, 0.6) is 0 Å². The molecule has 2 N–H and O–H groups in total. The first-order chi connectivity index (χ1) is 9.87. The van der Waals surface area contributed by atoms with Gasteiger partial charge in [0.2, 0.25) is 0 Å². The van der Waals surface area contributed by atoms with Crippen molar-refractivity contribution in [2.24, 2.45) is 11.1 Å². The maximum absolute atomic E-state index is 6.30. The largest absolute Gasteiger partial charge is 0.324 e. The van der Waals surface area contributed by atoms with Crippen LogP contribution in [-0.2, 0) is 0 Å². The van der Waals surface area contributed by atoms with Crippen LogP contribution in [0.25, 0.3) is 0 Å². The zero-order valence-corrected chi connectivity index (χ0v) is 14.4. The highest BCUT2D eigenvalue weighted by Crippen LogP contribution is 2.36. The van der Waals surface area contributed by atoms with Crippen LogP contribution in [0.4, 0.5) is 0 Å². The molecule has 1 atom stereocenters. The third-order valence-corrected chi connectivity index (χ3v) is 5.27. The zero-order chi connectivity index (χ0) is 15.5. The third-order valence-electron chi connectivity index (χ3n) is 5.02. The molecule has 118 valence electrons. The fourth-order valence-corrected chi connectivity index (χ4v) is 3.35. The number of halogens is 1. The fourth-order valence-electron chi connectivity index (χ4n) is 3.23. The summed E-state index contributed by atoms with van der Waals surface area (Å²) in [6.07, 6.45) is 6.31. The van der Waals surface area contributed by atoms with E-state index in [1.165, 1.54) is 31.2 Å². The number of nitrogens with zero attached hydrogens (tertiary/aromatic N) is 1. The average molecular weight is 309 g/mol. The Kier molecular flexibility index (Phi) is 5.70. The van der Waals surface area contributed by atoms with Gasteiger partial charge in [0.15, 0.2) is 0 Å². The van der Waals surface area contributed by atoms with E-state index in [-0.39, 0.29) is 6.04 Å². The predicted octanol–water partition coefficient (Wildman–Crippen LogP) is 4.63. The molecule has 0 spiro atoms. The predicted molar refractivity (Wildman–Crippen MR) is 91.7 cm³/mol. The molecule has 1 unspecified atom stereocenters. The zero-order valence-electron chi connectivity index (χ0n) is 13.6. The van der Waals surface area contributed by atoms with Crippen molar-refractivity contribution in [2.75, 3.05) is 13.6 Å². The molecular weight excluding hydrogens is 280 g/mol. The topological polar surface area (TPSA) is 29.3 Å². The lowest BCUT2D eigenvalue weighted by Crippen LogP contribution is -2.38. The van der Waals surface area contributed by atoms with E-state index in [1.807, 2.05) is 24.3 Å². The molecule has 1 aromatic carbocycles. The highest BCUT2D eigenvalue weighted by Gasteiger charge is 2.28. The van der Waals surface area contributed by atoms with Gasteiger partial charge in [0.25, 0.3) is 0 Å². The summed E-state index contributed by atoms with van der Waals surface area (Å²) in [6, 6.07) is 8.75. The van der Waals surface area contributed by atoms with Crippen molar-refractivity contribution in [1.29, 1.82) is 0 Å². The van der Waals surface area contributed by atoms with Crippen LogP contribution >= 0.6 is 11.6 Å². The molecule has 3 heteroatoms. The number of hydrogen-bond acceptors (Lipinski definition) is 2. The molecule has 1 aliphatic rings. The SMILES string of the molecule is CN(CCC(N)c1ccc(Cl)cc1)C1CCC(C)(C)CC1. The Hall–Kier alpha value is -0.570. The molecule has 0 amide bonds. The first-order valence-electron chi connectivity index (χ1n) is 8.09. The first-order valence-corrected chi connectivity index (χ1v) is 8.46. The summed E-state index contributed by atoms with van der Waals surface area (Å²) in [4.78, 5) is 2.50. The van der Waals surface area contributed by atoms with Gasteiger partial charge in [0.05, 0.1) is 0 Å². The second-order valence-corrected chi connectivity index (χ2v) is 7.76. The molecule has 0 aliphatic heterocycles. The van der Waals surface area contributed by atoms with Gasteiger partial charge in [-0.15, -0.1) is 0 Å². The van der Waals surface area contributed by atoms with Gasteiger partial charge in [0.1, 0.15) is 0 Å². The maximum Gasteiger partial charge on any atom is 0.0406 e. The summed E-state index contributed by atoms with van der Waals surface area (Å²) in [5.74, 6) is 0. The quantitative estimate of drug-likeness (QED) is 0.859. The van der Waals surface area contributed by atoms with Crippen molar-refractivity contribution in [3.05, 3.63) is 34.9 Å². The van der Waals surface area contributed by atoms with E-state index < -0.39 is 0 Å². The lowest BCUT2D eigenvalue weighted by molar-refractivity contribution is 0.125. The monoisotopic (exact) mass is 308 g/mol. The summed E-state index contributed by atoms with van der Waals surface area (Å²) in [5, 5.41) is 0.771. The molecule has 1 fully saturated rings. The molecule has 0 heterocycles. The van der Waals surface area contributed by atoms with Gasteiger partial charge in [-0.1, -0.05) is 37.6 Å². The van der Waals surface area contributed by atoms with E-state index in [0.717, 1.165) is 24.0 Å². The summed E-state index contributed by atoms with van der Waals surface area (Å²) >= 11 is 5.92. The Labute approximate surface area is 134 Å². The minimum absolute atomic E-state index is 0.102. The smallest absolute Gasteiger partial charge is 0.0406 e.